The van der Waals surface area contributed by atoms with Crippen molar-refractivity contribution in [2.24, 2.45) is 23.7 Å². The average molecular weight is 678 g/mol. The van der Waals surface area contributed by atoms with E-state index in [1.54, 1.807) is 17.3 Å². The molecule has 0 fully saturated rings. The second kappa shape index (κ2) is 18.5. The first-order chi connectivity index (χ1) is 22.8. The highest BCUT2D eigenvalue weighted by molar-refractivity contribution is 7.09. The highest BCUT2D eigenvalue weighted by Crippen LogP contribution is 2.32. The van der Waals surface area contributed by atoms with Gasteiger partial charge in [-0.1, -0.05) is 78.3 Å². The molecule has 3 aromatic rings. The quantitative estimate of drug-likeness (QED) is 0.116. The number of hydrogen-bond donors (Lipinski definition) is 1. The number of carbonyl (C=O) groups excluding carboxylic acids is 4. The van der Waals surface area contributed by atoms with Crippen LogP contribution in [0.2, 0.25) is 0 Å². The van der Waals surface area contributed by atoms with Gasteiger partial charge in [0.25, 0.3) is 5.91 Å². The third-order valence-corrected chi connectivity index (χ3v) is 9.66. The molecule has 0 bridgehead atoms. The van der Waals surface area contributed by atoms with Crippen LogP contribution in [0.25, 0.3) is 0 Å². The van der Waals surface area contributed by atoms with E-state index in [-0.39, 0.29) is 65.7 Å². The predicted octanol–water partition coefficient (Wildman–Crippen LogP) is 6.73. The normalized spacial score (nSPS) is 14.5. The van der Waals surface area contributed by atoms with E-state index in [1.807, 2.05) is 45.9 Å². The fourth-order valence-electron chi connectivity index (χ4n) is 5.95. The molecule has 0 aliphatic heterocycles. The maximum absolute atomic E-state index is 14.1. The smallest absolute Gasteiger partial charge is 0.303 e. The van der Waals surface area contributed by atoms with Crippen molar-refractivity contribution in [1.29, 1.82) is 0 Å². The van der Waals surface area contributed by atoms with E-state index in [0.29, 0.717) is 23.8 Å². The summed E-state index contributed by atoms with van der Waals surface area (Å²) < 4.78 is 5.77. The molecule has 1 aromatic carbocycles. The molecule has 2 amide bonds. The minimum absolute atomic E-state index is 0.0113. The van der Waals surface area contributed by atoms with Crippen molar-refractivity contribution in [1.82, 2.24) is 25.2 Å². The summed E-state index contributed by atoms with van der Waals surface area (Å²) in [7, 11) is 1.74. The Morgan fingerprint density at radius 2 is 1.69 bits per heavy atom. The Morgan fingerprint density at radius 3 is 2.27 bits per heavy atom. The van der Waals surface area contributed by atoms with Gasteiger partial charge in [-0.05, 0) is 36.2 Å². The maximum Gasteiger partial charge on any atom is 0.303 e. The number of benzene rings is 1. The molecule has 0 spiro atoms. The summed E-state index contributed by atoms with van der Waals surface area (Å²) in [4.78, 5) is 67.3. The third kappa shape index (κ3) is 11.3. The number of rotatable bonds is 18. The molecule has 5 atom stereocenters. The molecule has 11 heteroatoms. The number of thiazole rings is 1. The van der Waals surface area contributed by atoms with Crippen molar-refractivity contribution < 1.29 is 23.9 Å². The Hall–Kier alpha value is -3.99. The summed E-state index contributed by atoms with van der Waals surface area (Å²) in [5, 5.41) is 5.34. The van der Waals surface area contributed by atoms with E-state index in [0.717, 1.165) is 12.0 Å². The largest absolute Gasteiger partial charge is 0.455 e. The lowest BCUT2D eigenvalue weighted by molar-refractivity contribution is -0.149. The molecular formula is C37H51N5O5S. The number of ether oxygens (including phenoxy) is 1. The van der Waals surface area contributed by atoms with Crippen LogP contribution < -0.4 is 5.32 Å². The first kappa shape index (κ1) is 38.5. The van der Waals surface area contributed by atoms with Crippen molar-refractivity contribution in [3.8, 4) is 0 Å². The Bertz CT molecular complexity index is 1480. The molecule has 48 heavy (non-hydrogen) atoms. The van der Waals surface area contributed by atoms with E-state index >= 15 is 0 Å². The summed E-state index contributed by atoms with van der Waals surface area (Å²) in [6.45, 7) is 13.6. The lowest BCUT2D eigenvalue weighted by Gasteiger charge is -2.36. The summed E-state index contributed by atoms with van der Waals surface area (Å²) in [5.74, 6) is -1.40. The highest BCUT2D eigenvalue weighted by atomic mass is 32.1. The van der Waals surface area contributed by atoms with Crippen molar-refractivity contribution >= 4 is 34.9 Å². The lowest BCUT2D eigenvalue weighted by Crippen LogP contribution is -2.46. The SMILES string of the molecule is CC[C@H](C)[C@H](CC(=O)c1cnccn1)C(=O)N(C)[C@H](C[C@@H](OC(C)=O)c1nc(C(=O)N[C@@H](Cc2ccccc2)CC(C)C)cs1)C(C)C. The monoisotopic (exact) mass is 677 g/mol. The molecule has 2 heterocycles. The van der Waals surface area contributed by atoms with Crippen LogP contribution in [0.15, 0.2) is 54.3 Å². The zero-order chi connectivity index (χ0) is 35.4. The van der Waals surface area contributed by atoms with Crippen LogP contribution in [0.4, 0.5) is 0 Å². The number of esters is 1. The minimum atomic E-state index is -0.768. The van der Waals surface area contributed by atoms with Crippen LogP contribution in [0.3, 0.4) is 0 Å². The first-order valence-electron chi connectivity index (χ1n) is 16.8. The van der Waals surface area contributed by atoms with Gasteiger partial charge in [0.05, 0.1) is 6.20 Å². The molecule has 1 N–H and O–H groups in total. The molecule has 0 unspecified atom stereocenters. The fraction of sp³-hybridized carbons (Fsp3) is 0.541. The number of hydrogen-bond acceptors (Lipinski definition) is 9. The van der Waals surface area contributed by atoms with Gasteiger partial charge in [0, 0.05) is 62.6 Å². The van der Waals surface area contributed by atoms with Gasteiger partial charge in [-0.15, -0.1) is 11.3 Å². The van der Waals surface area contributed by atoms with Crippen LogP contribution in [-0.2, 0) is 20.7 Å². The first-order valence-corrected chi connectivity index (χ1v) is 17.7. The number of ketones is 1. The summed E-state index contributed by atoms with van der Waals surface area (Å²) in [6, 6.07) is 9.65. The van der Waals surface area contributed by atoms with Crippen LogP contribution in [0.5, 0.6) is 0 Å². The number of Topliss-reactive ketones (excluding diaryl/α,β-unsaturated/α-hetero) is 1. The summed E-state index contributed by atoms with van der Waals surface area (Å²) >= 11 is 1.26. The average Bonchev–Trinajstić information content (AvgIpc) is 3.55. The predicted molar refractivity (Wildman–Crippen MR) is 187 cm³/mol. The molecule has 0 saturated carbocycles. The van der Waals surface area contributed by atoms with Gasteiger partial charge >= 0.3 is 5.97 Å². The Balaban J connectivity index is 1.80. The molecule has 0 aliphatic carbocycles. The molecule has 0 saturated heterocycles. The lowest BCUT2D eigenvalue weighted by atomic mass is 9.84. The van der Waals surface area contributed by atoms with Crippen LogP contribution >= 0.6 is 11.3 Å². The van der Waals surface area contributed by atoms with Crippen molar-refractivity contribution in [2.75, 3.05) is 7.05 Å². The number of nitrogens with one attached hydrogen (secondary N) is 1. The van der Waals surface area contributed by atoms with Crippen LogP contribution in [0.1, 0.15) is 112 Å². The number of aromatic nitrogens is 3. The number of nitrogens with zero attached hydrogens (tertiary/aromatic N) is 4. The third-order valence-electron chi connectivity index (χ3n) is 8.73. The fourth-order valence-corrected chi connectivity index (χ4v) is 6.78. The molecular weight excluding hydrogens is 627 g/mol. The molecule has 2 aromatic heterocycles. The van der Waals surface area contributed by atoms with Gasteiger partial charge in [0.2, 0.25) is 5.91 Å². The maximum atomic E-state index is 14.1. The standard InChI is InChI=1S/C37H51N5O5S/c1-9-25(6)29(19-33(44)30-21-38-15-16-39-30)37(46)42(8)32(24(4)5)20-34(47-26(7)43)36-41-31(22-48-36)35(45)40-28(17-23(2)3)18-27-13-11-10-12-14-27/h10-16,21-25,28-29,32,34H,9,17-20H2,1-8H3,(H,40,45)/t25-,28+,29-,32+,34+/m0/s1. The number of carbonyl (C=O) groups is 4. The van der Waals surface area contributed by atoms with E-state index < -0.39 is 18.0 Å². The molecule has 10 nitrogen and oxygen atoms in total. The molecule has 3 rings (SSSR count). The molecule has 0 radical (unpaired) electrons. The van der Waals surface area contributed by atoms with E-state index in [1.165, 1.54) is 36.9 Å². The van der Waals surface area contributed by atoms with Gasteiger partial charge in [-0.2, -0.15) is 0 Å². The number of amides is 2. The molecule has 260 valence electrons. The van der Waals surface area contributed by atoms with Crippen LogP contribution in [0, 0.1) is 23.7 Å². The highest BCUT2D eigenvalue weighted by Gasteiger charge is 2.36. The van der Waals surface area contributed by atoms with Gasteiger partial charge in [-0.25, -0.2) is 9.97 Å². The Labute approximate surface area is 289 Å². The van der Waals surface area contributed by atoms with Crippen molar-refractivity contribution in [2.45, 2.75) is 98.8 Å². The van der Waals surface area contributed by atoms with Gasteiger partial charge in [0.1, 0.15) is 16.4 Å². The van der Waals surface area contributed by atoms with Crippen molar-refractivity contribution in [3.05, 3.63) is 76.3 Å². The summed E-state index contributed by atoms with van der Waals surface area (Å²) in [6.07, 6.45) is 6.15. The van der Waals surface area contributed by atoms with E-state index in [9.17, 15) is 19.2 Å². The van der Waals surface area contributed by atoms with E-state index in [2.05, 4.69) is 46.2 Å². The minimum Gasteiger partial charge on any atom is -0.455 e. The summed E-state index contributed by atoms with van der Waals surface area (Å²) in [5.41, 5.74) is 1.64. The Morgan fingerprint density at radius 1 is 0.979 bits per heavy atom. The second-order valence-corrected chi connectivity index (χ2v) is 14.3. The van der Waals surface area contributed by atoms with Crippen LogP contribution in [-0.4, -0.2) is 62.6 Å². The molecule has 0 aliphatic rings. The topological polar surface area (TPSA) is 131 Å². The zero-order valence-corrected chi connectivity index (χ0v) is 30.3. The van der Waals surface area contributed by atoms with Gasteiger partial charge < -0.3 is 15.0 Å². The van der Waals surface area contributed by atoms with Crippen molar-refractivity contribution in [3.63, 3.8) is 0 Å². The van der Waals surface area contributed by atoms with Gasteiger partial charge in [0.15, 0.2) is 11.9 Å². The van der Waals surface area contributed by atoms with Gasteiger partial charge in [-0.3, -0.25) is 24.2 Å². The van der Waals surface area contributed by atoms with E-state index in [4.69, 9.17) is 4.74 Å². The Kier molecular flexibility index (Phi) is 14.8. The zero-order valence-electron chi connectivity index (χ0n) is 29.5. The second-order valence-electron chi connectivity index (χ2n) is 13.4.